The molecule has 14 heteroatoms. The van der Waals surface area contributed by atoms with Crippen molar-refractivity contribution in [1.29, 1.82) is 10.5 Å². The highest BCUT2D eigenvalue weighted by Gasteiger charge is 2.35. The molecule has 238 valence electrons. The lowest BCUT2D eigenvalue weighted by Crippen LogP contribution is -2.08. The van der Waals surface area contributed by atoms with Crippen LogP contribution >= 0.6 is 0 Å². The van der Waals surface area contributed by atoms with E-state index in [0.717, 1.165) is 12.1 Å². The number of alkyl halides is 6. The number of benzene rings is 4. The minimum atomic E-state index is -4.78. The van der Waals surface area contributed by atoms with Gasteiger partial charge in [0.25, 0.3) is 0 Å². The fourth-order valence-corrected chi connectivity index (χ4v) is 6.13. The maximum absolute atomic E-state index is 14.0. The monoisotopic (exact) mass is 670 g/mol. The fraction of sp³-hybridized carbons (Fsp3) is 0.0556. The SMILES string of the molecule is [C-]#[N+]/N=c1\c2cc(-c3ccc([N+]#[C-])cc3C(F)(F)F)ccc2c2nc3c(=NC#N)c4cc(-c5ccc(C#N)cc5C(F)(F)F)ccc4c3nc12. The summed E-state index contributed by atoms with van der Waals surface area (Å²) in [6.07, 6.45) is -7.85. The Bertz CT molecular complexity index is 2700. The predicted octanol–water partition coefficient (Wildman–Crippen LogP) is 8.88. The number of fused-ring (bicyclic) bond motifs is 6. The maximum atomic E-state index is 14.0. The Labute approximate surface area is 276 Å². The lowest BCUT2D eigenvalue weighted by atomic mass is 9.96. The first-order valence-electron chi connectivity index (χ1n) is 14.2. The maximum Gasteiger partial charge on any atom is 0.417 e. The van der Waals surface area contributed by atoms with Crippen molar-refractivity contribution in [1.82, 2.24) is 9.97 Å². The third-order valence-corrected chi connectivity index (χ3v) is 8.23. The molecule has 0 radical (unpaired) electrons. The lowest BCUT2D eigenvalue weighted by molar-refractivity contribution is -0.137. The molecule has 8 nitrogen and oxygen atoms in total. The van der Waals surface area contributed by atoms with E-state index in [1.54, 1.807) is 12.3 Å². The minimum Gasteiger partial charge on any atom is -0.241 e. The molecule has 0 N–H and O–H groups in total. The van der Waals surface area contributed by atoms with Crippen molar-refractivity contribution >= 4 is 49.3 Å². The van der Waals surface area contributed by atoms with Gasteiger partial charge in [-0.2, -0.15) is 48.4 Å². The Morgan fingerprint density at radius 3 is 1.68 bits per heavy atom. The summed E-state index contributed by atoms with van der Waals surface area (Å²) in [5.41, 5.74) is -1.88. The molecule has 0 aliphatic heterocycles. The molecule has 6 aromatic carbocycles. The zero-order valence-electron chi connectivity index (χ0n) is 24.8. The van der Waals surface area contributed by atoms with Gasteiger partial charge >= 0.3 is 12.4 Å². The Morgan fingerprint density at radius 2 is 1.16 bits per heavy atom. The van der Waals surface area contributed by atoms with Gasteiger partial charge in [-0.05, 0) is 52.6 Å². The summed E-state index contributed by atoms with van der Waals surface area (Å²) < 4.78 is 84.2. The molecule has 0 unspecified atom stereocenters. The molecule has 0 aliphatic rings. The Balaban J connectivity index is 1.51. The first-order valence-corrected chi connectivity index (χ1v) is 14.2. The van der Waals surface area contributed by atoms with Gasteiger partial charge in [-0.1, -0.05) is 42.5 Å². The van der Waals surface area contributed by atoms with Crippen LogP contribution in [0.1, 0.15) is 16.7 Å². The predicted molar refractivity (Wildman–Crippen MR) is 170 cm³/mol. The van der Waals surface area contributed by atoms with Crippen molar-refractivity contribution in [3.8, 4) is 34.5 Å². The van der Waals surface area contributed by atoms with E-state index in [1.165, 1.54) is 60.7 Å². The van der Waals surface area contributed by atoms with Gasteiger partial charge in [0.2, 0.25) is 6.19 Å². The van der Waals surface area contributed by atoms with Gasteiger partial charge in [0.1, 0.15) is 16.4 Å². The van der Waals surface area contributed by atoms with E-state index >= 15 is 0 Å². The van der Waals surface area contributed by atoms with Crippen LogP contribution < -0.4 is 10.7 Å². The molecular weight excluding hydrogens is 658 g/mol. The van der Waals surface area contributed by atoms with E-state index in [2.05, 4.69) is 19.9 Å². The second-order valence-corrected chi connectivity index (χ2v) is 11.0. The van der Waals surface area contributed by atoms with Crippen LogP contribution in [-0.2, 0) is 12.4 Å². The molecule has 7 aromatic rings. The smallest absolute Gasteiger partial charge is 0.241 e. The van der Waals surface area contributed by atoms with Crippen molar-refractivity contribution in [3.63, 3.8) is 0 Å². The second-order valence-electron chi connectivity index (χ2n) is 11.0. The van der Waals surface area contributed by atoms with Crippen molar-refractivity contribution in [2.45, 2.75) is 12.4 Å². The highest BCUT2D eigenvalue weighted by atomic mass is 19.4. The molecule has 7 rings (SSSR count). The highest BCUT2D eigenvalue weighted by Crippen LogP contribution is 2.41. The van der Waals surface area contributed by atoms with Gasteiger partial charge in [0.15, 0.2) is 11.0 Å². The number of nitriles is 2. The molecular formula is C36H12F6N8. The van der Waals surface area contributed by atoms with Crippen LogP contribution in [0.4, 0.5) is 32.0 Å². The van der Waals surface area contributed by atoms with Gasteiger partial charge in [-0.3, -0.25) is 0 Å². The number of rotatable bonds is 2. The first kappa shape index (κ1) is 31.4. The summed E-state index contributed by atoms with van der Waals surface area (Å²) >= 11 is 0. The molecule has 1 aromatic heterocycles. The number of nitrogens with zero attached hydrogens (tertiary/aromatic N) is 8. The molecule has 50 heavy (non-hydrogen) atoms. The molecule has 0 spiro atoms. The van der Waals surface area contributed by atoms with Crippen molar-refractivity contribution in [2.75, 3.05) is 0 Å². The zero-order chi connectivity index (χ0) is 35.5. The molecule has 0 saturated carbocycles. The number of hydrogen-bond acceptors (Lipinski definition) is 6. The van der Waals surface area contributed by atoms with Crippen LogP contribution in [0.3, 0.4) is 0 Å². The van der Waals surface area contributed by atoms with Gasteiger partial charge in [-0.25, -0.2) is 14.8 Å². The summed E-state index contributed by atoms with van der Waals surface area (Å²) in [6.45, 7) is 14.6. The third kappa shape index (κ3) is 4.92. The van der Waals surface area contributed by atoms with E-state index in [0.29, 0.717) is 10.8 Å². The minimum absolute atomic E-state index is 0.0281. The Kier molecular flexibility index (Phi) is 7.06. The highest BCUT2D eigenvalue weighted by molar-refractivity contribution is 6.15. The van der Waals surface area contributed by atoms with Crippen molar-refractivity contribution < 1.29 is 26.3 Å². The number of halogens is 6. The quantitative estimate of drug-likeness (QED) is 0.0793. The van der Waals surface area contributed by atoms with Gasteiger partial charge in [0, 0.05) is 21.5 Å². The molecule has 1 heterocycles. The summed E-state index contributed by atoms with van der Waals surface area (Å²) in [4.78, 5) is 19.6. The summed E-state index contributed by atoms with van der Waals surface area (Å²) in [7, 11) is 0. The number of hydrogen-bond donors (Lipinski definition) is 0. The summed E-state index contributed by atoms with van der Waals surface area (Å²) in [6, 6.07) is 16.8. The second kappa shape index (κ2) is 11.2. The summed E-state index contributed by atoms with van der Waals surface area (Å²) in [5.74, 6) is 0. The van der Waals surface area contributed by atoms with E-state index in [1.807, 2.05) is 0 Å². The molecule has 0 atom stereocenters. The fourth-order valence-electron chi connectivity index (χ4n) is 6.13. The van der Waals surface area contributed by atoms with Crippen LogP contribution in [0.15, 0.2) is 82.9 Å². The molecule has 0 amide bonds. The lowest BCUT2D eigenvalue weighted by Gasteiger charge is -2.14. The van der Waals surface area contributed by atoms with Gasteiger partial charge in [0.05, 0.1) is 45.5 Å². The number of aromatic nitrogens is 2. The molecule has 0 aliphatic carbocycles. The van der Waals surface area contributed by atoms with E-state index in [4.69, 9.17) is 28.4 Å². The van der Waals surface area contributed by atoms with Crippen LogP contribution in [-0.4, -0.2) is 9.97 Å². The Morgan fingerprint density at radius 1 is 0.620 bits per heavy atom. The standard InChI is InChI=1S/C36H12F6N8/c1-45-20-6-10-22(28(14-20)36(40,41)42)19-5-9-24-26(13-19)32(50-46-2)34-31(24)48-33-29(47-16-44)25-12-18(4-8-23(25)30(33)49-34)21-7-3-17(15-43)11-27(21)35(37,38)39/h3-14H/b47-29?,50-32+. The first-order chi connectivity index (χ1) is 23.9. The Hall–Kier alpha value is -7.16. The van der Waals surface area contributed by atoms with Crippen molar-refractivity contribution in [3.05, 3.63) is 123 Å². The summed E-state index contributed by atoms with van der Waals surface area (Å²) in [5, 5.41) is 24.0. The normalized spacial score (nSPS) is 12.8. The van der Waals surface area contributed by atoms with Crippen LogP contribution in [0.5, 0.6) is 0 Å². The van der Waals surface area contributed by atoms with E-state index in [-0.39, 0.29) is 77.1 Å². The van der Waals surface area contributed by atoms with E-state index in [9.17, 15) is 31.6 Å². The van der Waals surface area contributed by atoms with Crippen LogP contribution in [0.25, 0.3) is 75.7 Å². The zero-order valence-corrected chi connectivity index (χ0v) is 24.8. The average Bonchev–Trinajstić information content (AvgIpc) is 3.56. The average molecular weight is 671 g/mol. The topological polar surface area (TPSA) is 107 Å². The van der Waals surface area contributed by atoms with Gasteiger partial charge < -0.3 is 0 Å². The van der Waals surface area contributed by atoms with E-state index < -0.39 is 23.5 Å². The van der Waals surface area contributed by atoms with Crippen LogP contribution in [0, 0.1) is 35.9 Å². The van der Waals surface area contributed by atoms with Gasteiger partial charge in [-0.15, -0.1) is 4.95 Å². The molecule has 0 bridgehead atoms. The molecule has 0 fully saturated rings. The largest absolute Gasteiger partial charge is 0.417 e. The van der Waals surface area contributed by atoms with Crippen LogP contribution in [0.2, 0.25) is 0 Å². The third-order valence-electron chi connectivity index (χ3n) is 8.23. The molecule has 0 saturated heterocycles. The van der Waals surface area contributed by atoms with Crippen molar-refractivity contribution in [2.24, 2.45) is 10.1 Å².